The van der Waals surface area contributed by atoms with E-state index in [0.29, 0.717) is 6.54 Å². The number of aliphatic hydroxyl groups is 1. The van der Waals surface area contributed by atoms with E-state index in [9.17, 15) is 18.8 Å². The Hall–Kier alpha value is -0.620. The monoisotopic (exact) mass is 194 g/mol. The molecular weight excluding hydrogens is 182 g/mol. The van der Waals surface area contributed by atoms with E-state index in [4.69, 9.17) is 0 Å². The summed E-state index contributed by atoms with van der Waals surface area (Å²) in [5, 5.41) is 14.7. The fourth-order valence-electron chi connectivity index (χ4n) is 1.58. The van der Waals surface area contributed by atoms with Crippen LogP contribution in [0.4, 0.5) is 8.78 Å². The normalized spacial score (nSPS) is 34.9. The zero-order valence-corrected chi connectivity index (χ0v) is 6.99. The van der Waals surface area contributed by atoms with Crippen molar-refractivity contribution >= 4 is 0 Å². The van der Waals surface area contributed by atoms with Crippen LogP contribution >= 0.6 is 0 Å². The Balaban J connectivity index is 2.53. The summed E-state index contributed by atoms with van der Waals surface area (Å²) in [6.45, 7) is 0.563. The Labute approximate surface area is 74.3 Å². The number of nitrogens with zero attached hydrogens (tertiary/aromatic N) is 1. The summed E-state index contributed by atoms with van der Waals surface area (Å²) in [5.74, 6) is -0.554. The van der Waals surface area contributed by atoms with Crippen LogP contribution in [0.1, 0.15) is 6.42 Å². The van der Waals surface area contributed by atoms with Gasteiger partial charge in [-0.2, -0.15) is 4.91 Å². The van der Waals surface area contributed by atoms with Gasteiger partial charge in [-0.05, 0) is 0 Å². The molecule has 1 aliphatic heterocycles. The first kappa shape index (κ1) is 10.5. The van der Waals surface area contributed by atoms with E-state index in [1.54, 1.807) is 0 Å². The zero-order valence-electron chi connectivity index (χ0n) is 6.99. The van der Waals surface area contributed by atoms with E-state index in [-0.39, 0.29) is 13.0 Å². The maximum absolute atomic E-state index is 12.0. The van der Waals surface area contributed by atoms with E-state index in [1.807, 2.05) is 0 Å². The van der Waals surface area contributed by atoms with Crippen molar-refractivity contribution < 1.29 is 13.9 Å². The first-order valence-corrected chi connectivity index (χ1v) is 4.14. The standard InChI is InChI=1S/C7H12F2N2O2/c8-6(9)1-4-2-10-3-5(12)7(4)11-13/h4-7,10,12H,1-3H2/t4-,5?,7+/m0/s1. The summed E-state index contributed by atoms with van der Waals surface area (Å²) in [6.07, 6.45) is -3.78. The predicted octanol–water partition coefficient (Wildman–Crippen LogP) is 0.357. The minimum absolute atomic E-state index is 0.246. The van der Waals surface area contributed by atoms with Gasteiger partial charge in [-0.3, -0.25) is 0 Å². The third-order valence-electron chi connectivity index (χ3n) is 2.24. The van der Waals surface area contributed by atoms with Gasteiger partial charge in [0.2, 0.25) is 6.43 Å². The molecule has 1 rings (SSSR count). The van der Waals surface area contributed by atoms with Crippen molar-refractivity contribution in [2.75, 3.05) is 13.1 Å². The second kappa shape index (κ2) is 4.57. The molecule has 0 aliphatic carbocycles. The molecule has 0 saturated carbocycles. The molecule has 0 spiro atoms. The second-order valence-corrected chi connectivity index (χ2v) is 3.21. The van der Waals surface area contributed by atoms with Crippen LogP contribution in [0.25, 0.3) is 0 Å². The number of aliphatic hydroxyl groups excluding tert-OH is 1. The largest absolute Gasteiger partial charge is 0.389 e. The van der Waals surface area contributed by atoms with Gasteiger partial charge in [-0.15, -0.1) is 0 Å². The van der Waals surface area contributed by atoms with Gasteiger partial charge in [0.1, 0.15) is 6.04 Å². The van der Waals surface area contributed by atoms with Crippen molar-refractivity contribution in [1.29, 1.82) is 0 Å². The zero-order chi connectivity index (χ0) is 9.84. The number of β-amino-alcohol motifs (C(OH)–C–C–N with tert-alkyl or cyclic N) is 1. The van der Waals surface area contributed by atoms with Gasteiger partial charge >= 0.3 is 0 Å². The van der Waals surface area contributed by atoms with Crippen LogP contribution in [-0.4, -0.2) is 36.8 Å². The van der Waals surface area contributed by atoms with Crippen LogP contribution in [0.2, 0.25) is 0 Å². The van der Waals surface area contributed by atoms with Gasteiger partial charge in [-0.1, -0.05) is 5.18 Å². The third kappa shape index (κ3) is 2.67. The van der Waals surface area contributed by atoms with Crippen molar-refractivity contribution in [3.8, 4) is 0 Å². The number of hydrogen-bond acceptors (Lipinski definition) is 4. The lowest BCUT2D eigenvalue weighted by Gasteiger charge is -2.31. The van der Waals surface area contributed by atoms with Gasteiger partial charge in [0.05, 0.1) is 6.10 Å². The molecule has 0 aromatic heterocycles. The summed E-state index contributed by atoms with van der Waals surface area (Å²) in [5.41, 5.74) is 0. The van der Waals surface area contributed by atoms with Gasteiger partial charge in [0, 0.05) is 25.4 Å². The molecule has 0 bridgehead atoms. The van der Waals surface area contributed by atoms with Crippen LogP contribution in [0, 0.1) is 10.8 Å². The summed E-state index contributed by atoms with van der Waals surface area (Å²) in [4.78, 5) is 10.3. The van der Waals surface area contributed by atoms with Crippen molar-refractivity contribution in [2.45, 2.75) is 25.0 Å². The van der Waals surface area contributed by atoms with Gasteiger partial charge in [0.25, 0.3) is 0 Å². The summed E-state index contributed by atoms with van der Waals surface area (Å²) >= 11 is 0. The minimum atomic E-state index is -2.46. The van der Waals surface area contributed by atoms with Gasteiger partial charge < -0.3 is 10.4 Å². The van der Waals surface area contributed by atoms with Crippen molar-refractivity contribution in [3.63, 3.8) is 0 Å². The maximum atomic E-state index is 12.0. The van der Waals surface area contributed by atoms with E-state index >= 15 is 0 Å². The quantitative estimate of drug-likeness (QED) is 0.637. The van der Waals surface area contributed by atoms with Crippen molar-refractivity contribution in [1.82, 2.24) is 5.32 Å². The lowest BCUT2D eigenvalue weighted by molar-refractivity contribution is 0.0505. The molecule has 1 unspecified atom stereocenters. The van der Waals surface area contributed by atoms with Gasteiger partial charge in [-0.25, -0.2) is 8.78 Å². The molecule has 1 saturated heterocycles. The Morgan fingerprint density at radius 1 is 1.54 bits per heavy atom. The molecule has 3 atom stereocenters. The molecule has 1 fully saturated rings. The lowest BCUT2D eigenvalue weighted by Crippen LogP contribution is -2.49. The topological polar surface area (TPSA) is 61.7 Å². The SMILES string of the molecule is O=N[C@H]1C(O)CNC[C@@H]1CC(F)F. The van der Waals surface area contributed by atoms with E-state index in [2.05, 4.69) is 10.5 Å². The lowest BCUT2D eigenvalue weighted by atomic mass is 9.89. The van der Waals surface area contributed by atoms with Crippen LogP contribution in [0.15, 0.2) is 5.18 Å². The summed E-state index contributed by atoms with van der Waals surface area (Å²) in [6, 6.07) is -0.893. The molecule has 76 valence electrons. The Morgan fingerprint density at radius 2 is 2.23 bits per heavy atom. The van der Waals surface area contributed by atoms with Crippen LogP contribution in [-0.2, 0) is 0 Å². The number of hydrogen-bond donors (Lipinski definition) is 2. The smallest absolute Gasteiger partial charge is 0.239 e. The first-order valence-electron chi connectivity index (χ1n) is 4.14. The van der Waals surface area contributed by atoms with E-state index in [1.165, 1.54) is 0 Å². The van der Waals surface area contributed by atoms with Crippen molar-refractivity contribution in [2.24, 2.45) is 11.1 Å². The fraction of sp³-hybridized carbons (Fsp3) is 1.00. The highest BCUT2D eigenvalue weighted by atomic mass is 19.3. The summed E-state index contributed by atoms with van der Waals surface area (Å²) < 4.78 is 24.0. The van der Waals surface area contributed by atoms with E-state index < -0.39 is 24.5 Å². The Kier molecular flexibility index (Phi) is 3.68. The number of halogens is 2. The Bertz CT molecular complexity index is 180. The van der Waals surface area contributed by atoms with Crippen LogP contribution < -0.4 is 5.32 Å². The highest BCUT2D eigenvalue weighted by Gasteiger charge is 2.34. The third-order valence-corrected chi connectivity index (χ3v) is 2.24. The fourth-order valence-corrected chi connectivity index (χ4v) is 1.58. The molecule has 6 heteroatoms. The number of nitroso groups, excluding NO2 is 1. The van der Waals surface area contributed by atoms with Gasteiger partial charge in [0.15, 0.2) is 0 Å². The minimum Gasteiger partial charge on any atom is -0.389 e. The molecule has 0 aromatic rings. The molecule has 0 radical (unpaired) electrons. The number of rotatable bonds is 3. The first-order chi connectivity index (χ1) is 6.15. The van der Waals surface area contributed by atoms with Crippen LogP contribution in [0.3, 0.4) is 0 Å². The molecule has 4 nitrogen and oxygen atoms in total. The van der Waals surface area contributed by atoms with Crippen molar-refractivity contribution in [3.05, 3.63) is 4.91 Å². The highest BCUT2D eigenvalue weighted by Crippen LogP contribution is 2.21. The molecular formula is C7H12F2N2O2. The predicted molar refractivity (Wildman–Crippen MR) is 42.6 cm³/mol. The molecule has 0 amide bonds. The maximum Gasteiger partial charge on any atom is 0.239 e. The molecule has 2 N–H and O–H groups in total. The molecule has 0 aromatic carbocycles. The summed E-state index contributed by atoms with van der Waals surface area (Å²) in [7, 11) is 0. The molecule has 1 heterocycles. The van der Waals surface area contributed by atoms with E-state index in [0.717, 1.165) is 0 Å². The molecule has 1 aliphatic rings. The number of nitrogens with one attached hydrogen (secondary N) is 1. The Morgan fingerprint density at radius 3 is 2.77 bits per heavy atom. The highest BCUT2D eigenvalue weighted by molar-refractivity contribution is 4.89. The average Bonchev–Trinajstić information content (AvgIpc) is 2.03. The van der Waals surface area contributed by atoms with Crippen LogP contribution in [0.5, 0.6) is 0 Å². The average molecular weight is 194 g/mol. The number of alkyl halides is 2. The molecule has 13 heavy (non-hydrogen) atoms. The number of piperidine rings is 1. The second-order valence-electron chi connectivity index (χ2n) is 3.21.